The first-order valence-corrected chi connectivity index (χ1v) is 11.1. The van der Waals surface area contributed by atoms with Crippen molar-refractivity contribution in [1.82, 2.24) is 0 Å². The van der Waals surface area contributed by atoms with Gasteiger partial charge in [-0.2, -0.15) is 9.98 Å². The monoisotopic (exact) mass is 426 g/mol. The Balaban J connectivity index is 1.82. The Hall–Kier alpha value is -3.36. The third kappa shape index (κ3) is 5.27. The number of rotatable bonds is 3. The number of ether oxygens (including phenoxy) is 2. The van der Waals surface area contributed by atoms with Crippen molar-refractivity contribution in [3.05, 3.63) is 84.4 Å². The molecule has 1 aliphatic heterocycles. The van der Waals surface area contributed by atoms with Gasteiger partial charge in [-0.3, -0.25) is 0 Å². The van der Waals surface area contributed by atoms with Gasteiger partial charge in [-0.05, 0) is 48.1 Å². The molecule has 0 aromatic heterocycles. The molecular weight excluding hydrogens is 396 g/mol. The lowest BCUT2D eigenvalue weighted by Gasteiger charge is -2.36. The largest absolute Gasteiger partial charge is 0.490 e. The molecule has 3 aromatic rings. The highest BCUT2D eigenvalue weighted by Crippen LogP contribution is 2.38. The topological polar surface area (TPSA) is 43.2 Å². The van der Waals surface area contributed by atoms with Gasteiger partial charge in [-0.15, -0.1) is 0 Å². The zero-order chi connectivity index (χ0) is 22.4. The normalized spacial score (nSPS) is 18.3. The molecule has 0 unspecified atom stereocenters. The van der Waals surface area contributed by atoms with Gasteiger partial charge in [-0.25, -0.2) is 0 Å². The van der Waals surface area contributed by atoms with E-state index in [1.165, 1.54) is 5.56 Å². The third-order valence-corrected chi connectivity index (χ3v) is 5.82. The number of hydrogen-bond acceptors (Lipinski definition) is 4. The molecule has 32 heavy (non-hydrogen) atoms. The number of nitrogens with zero attached hydrogens (tertiary/aromatic N) is 2. The van der Waals surface area contributed by atoms with Crippen LogP contribution in [0.2, 0.25) is 0 Å². The van der Waals surface area contributed by atoms with Crippen molar-refractivity contribution in [2.45, 2.75) is 39.0 Å². The van der Waals surface area contributed by atoms with Gasteiger partial charge in [0.2, 0.25) is 0 Å². The molecule has 0 amide bonds. The lowest BCUT2D eigenvalue weighted by molar-refractivity contribution is 0.122. The number of benzene rings is 3. The molecule has 4 nitrogen and oxygen atoms in total. The predicted octanol–water partition coefficient (Wildman–Crippen LogP) is 7.36. The Morgan fingerprint density at radius 3 is 1.78 bits per heavy atom. The number of hydrogen-bond donors (Lipinski definition) is 0. The van der Waals surface area contributed by atoms with Crippen molar-refractivity contribution in [2.75, 3.05) is 13.2 Å². The molecule has 0 spiro atoms. The van der Waals surface area contributed by atoms with Crippen molar-refractivity contribution < 1.29 is 9.47 Å². The average Bonchev–Trinajstić information content (AvgIpc) is 2.79. The second-order valence-electron chi connectivity index (χ2n) is 9.54. The molecule has 0 atom stereocenters. The molecular formula is C28H30N2O2. The lowest BCUT2D eigenvalue weighted by Crippen LogP contribution is -2.40. The Morgan fingerprint density at radius 1 is 0.750 bits per heavy atom. The molecule has 0 aliphatic carbocycles. The van der Waals surface area contributed by atoms with Crippen LogP contribution in [0.25, 0.3) is 0 Å². The van der Waals surface area contributed by atoms with Gasteiger partial charge >= 0.3 is 0 Å². The lowest BCUT2D eigenvalue weighted by atomic mass is 9.74. The van der Waals surface area contributed by atoms with Crippen LogP contribution in [0.4, 0.5) is 11.4 Å². The van der Waals surface area contributed by atoms with Gasteiger partial charge in [0.1, 0.15) is 42.1 Å². The summed E-state index contributed by atoms with van der Waals surface area (Å²) in [6.07, 6.45) is 1.96. The fraction of sp³-hybridized carbons (Fsp3) is 0.321. The van der Waals surface area contributed by atoms with Gasteiger partial charge in [-0.1, -0.05) is 75.4 Å². The standard InChI is InChI=1S/C28H30N2O2/c1-27(2,3)17-18-28(22-11-5-4-6-12-22)19-31-25-15-9-7-13-23(25)29-21-30-24-14-8-10-16-26(24)32-20-28/h4-16H,17-20H2,1-3H3. The van der Waals surface area contributed by atoms with Crippen LogP contribution in [0, 0.1) is 5.41 Å². The Labute approximate surface area is 190 Å². The molecule has 0 saturated heterocycles. The van der Waals surface area contributed by atoms with E-state index in [-0.39, 0.29) is 10.8 Å². The molecule has 4 rings (SSSR count). The fourth-order valence-corrected chi connectivity index (χ4v) is 3.81. The fourth-order valence-electron chi connectivity index (χ4n) is 3.81. The minimum Gasteiger partial charge on any atom is -0.490 e. The van der Waals surface area contributed by atoms with E-state index in [4.69, 9.17) is 9.47 Å². The molecule has 0 N–H and O–H groups in total. The zero-order valence-electron chi connectivity index (χ0n) is 19.0. The van der Waals surface area contributed by atoms with Crippen LogP contribution in [0.15, 0.2) is 88.8 Å². The van der Waals surface area contributed by atoms with E-state index in [0.717, 1.165) is 24.3 Å². The maximum atomic E-state index is 6.43. The van der Waals surface area contributed by atoms with Crippen LogP contribution in [0.5, 0.6) is 11.5 Å². The van der Waals surface area contributed by atoms with Crippen LogP contribution in [-0.4, -0.2) is 19.2 Å². The molecule has 164 valence electrons. The summed E-state index contributed by atoms with van der Waals surface area (Å²) in [4.78, 5) is 8.86. The van der Waals surface area contributed by atoms with Crippen LogP contribution in [0.1, 0.15) is 39.2 Å². The Kier molecular flexibility index (Phi) is 6.43. The molecule has 3 aromatic carbocycles. The SMILES string of the molecule is CC(C)(C)CCC1(c2ccccc2)COc2ccccc2N=C=Nc2ccccc2OC1. The smallest absolute Gasteiger partial charge is 0.145 e. The molecule has 0 bridgehead atoms. The van der Waals surface area contributed by atoms with E-state index in [1.54, 1.807) is 0 Å². The van der Waals surface area contributed by atoms with Gasteiger partial charge < -0.3 is 9.47 Å². The summed E-state index contributed by atoms with van der Waals surface area (Å²) >= 11 is 0. The summed E-state index contributed by atoms with van der Waals surface area (Å²) in [5, 5.41) is 0. The van der Waals surface area contributed by atoms with Crippen LogP contribution in [0.3, 0.4) is 0 Å². The minimum absolute atomic E-state index is 0.190. The Bertz CT molecular complexity index is 1050. The van der Waals surface area contributed by atoms with Gasteiger partial charge in [0.15, 0.2) is 0 Å². The van der Waals surface area contributed by atoms with Crippen molar-refractivity contribution in [3.63, 3.8) is 0 Å². The van der Waals surface area contributed by atoms with E-state index in [1.807, 2.05) is 54.6 Å². The summed E-state index contributed by atoms with van der Waals surface area (Å²) in [6.45, 7) is 7.79. The Morgan fingerprint density at radius 2 is 1.25 bits per heavy atom. The van der Waals surface area contributed by atoms with Gasteiger partial charge in [0, 0.05) is 0 Å². The molecule has 1 aliphatic rings. The molecule has 4 heteroatoms. The third-order valence-electron chi connectivity index (χ3n) is 5.82. The number of para-hydroxylation sites is 4. The molecule has 0 radical (unpaired) electrons. The first-order chi connectivity index (χ1) is 15.5. The van der Waals surface area contributed by atoms with E-state index in [0.29, 0.717) is 24.6 Å². The van der Waals surface area contributed by atoms with Crippen molar-refractivity contribution >= 4 is 17.4 Å². The van der Waals surface area contributed by atoms with Crippen molar-refractivity contribution in [3.8, 4) is 11.5 Å². The highest BCUT2D eigenvalue weighted by atomic mass is 16.5. The molecule has 0 fully saturated rings. The second-order valence-corrected chi connectivity index (χ2v) is 9.54. The van der Waals surface area contributed by atoms with E-state index in [9.17, 15) is 0 Å². The summed E-state index contributed by atoms with van der Waals surface area (Å²) in [5.41, 5.74) is 2.50. The van der Waals surface area contributed by atoms with Crippen LogP contribution >= 0.6 is 0 Å². The predicted molar refractivity (Wildman–Crippen MR) is 130 cm³/mol. The van der Waals surface area contributed by atoms with Crippen LogP contribution < -0.4 is 9.47 Å². The molecule has 1 heterocycles. The van der Waals surface area contributed by atoms with Gasteiger partial charge in [0.25, 0.3) is 0 Å². The molecule has 0 saturated carbocycles. The van der Waals surface area contributed by atoms with Crippen molar-refractivity contribution in [2.24, 2.45) is 15.4 Å². The zero-order valence-corrected chi connectivity index (χ0v) is 19.0. The van der Waals surface area contributed by atoms with E-state index in [2.05, 4.69) is 61.0 Å². The first kappa shape index (κ1) is 21.9. The number of fused-ring (bicyclic) bond motifs is 2. The minimum atomic E-state index is -0.332. The van der Waals surface area contributed by atoms with Crippen LogP contribution in [-0.2, 0) is 5.41 Å². The quantitative estimate of drug-likeness (QED) is 0.439. The average molecular weight is 427 g/mol. The summed E-state index contributed by atoms with van der Waals surface area (Å²) in [7, 11) is 0. The highest BCUT2D eigenvalue weighted by molar-refractivity contribution is 5.64. The van der Waals surface area contributed by atoms with E-state index >= 15 is 0 Å². The summed E-state index contributed by atoms with van der Waals surface area (Å²) in [6, 6.07) is 28.9. The van der Waals surface area contributed by atoms with Gasteiger partial charge in [0.05, 0.1) is 5.41 Å². The van der Waals surface area contributed by atoms with Crippen molar-refractivity contribution in [1.29, 1.82) is 0 Å². The highest BCUT2D eigenvalue weighted by Gasteiger charge is 2.36. The first-order valence-electron chi connectivity index (χ1n) is 11.1. The maximum absolute atomic E-state index is 6.43. The summed E-state index contributed by atoms with van der Waals surface area (Å²) in [5.74, 6) is 1.44. The summed E-state index contributed by atoms with van der Waals surface area (Å²) < 4.78 is 12.9. The van der Waals surface area contributed by atoms with E-state index < -0.39 is 0 Å². The maximum Gasteiger partial charge on any atom is 0.145 e. The second kappa shape index (κ2) is 9.42. The number of aliphatic imine (C=N–C) groups is 2.